The van der Waals surface area contributed by atoms with E-state index in [-0.39, 0.29) is 11.4 Å². The molecule has 0 atom stereocenters. The van der Waals surface area contributed by atoms with Crippen LogP contribution in [0, 0.1) is 0 Å². The number of carbonyl (C=O) groups excluding carboxylic acids is 2. The summed E-state index contributed by atoms with van der Waals surface area (Å²) in [4.78, 5) is 26.8. The first-order valence-corrected chi connectivity index (χ1v) is 6.26. The lowest BCUT2D eigenvalue weighted by molar-refractivity contribution is -0.134. The number of ketones is 1. The number of hydrogen-bond donors (Lipinski definition) is 1. The number of methoxy groups -OCH3 is 1. The molecular weight excluding hydrogens is 254 g/mol. The number of aromatic nitrogens is 1. The van der Waals surface area contributed by atoms with E-state index in [0.717, 1.165) is 21.7 Å². The zero-order valence-electron chi connectivity index (χ0n) is 11.2. The molecule has 100 valence electrons. The fraction of sp³-hybridized carbons (Fsp3) is 0.125. The van der Waals surface area contributed by atoms with Gasteiger partial charge in [0.25, 0.3) is 0 Å². The van der Waals surface area contributed by atoms with Gasteiger partial charge in [-0.3, -0.25) is 4.79 Å². The van der Waals surface area contributed by atoms with Gasteiger partial charge in [-0.1, -0.05) is 30.3 Å². The summed E-state index contributed by atoms with van der Waals surface area (Å²) in [5.41, 5.74) is 0.951. The molecule has 3 rings (SSSR count). The Hall–Kier alpha value is -2.62. The highest BCUT2D eigenvalue weighted by Crippen LogP contribution is 2.23. The van der Waals surface area contributed by atoms with E-state index >= 15 is 0 Å². The third-order valence-electron chi connectivity index (χ3n) is 3.43. The minimum Gasteiger partial charge on any atom is -0.465 e. The maximum absolute atomic E-state index is 11.9. The molecule has 1 aromatic heterocycles. The van der Waals surface area contributed by atoms with Gasteiger partial charge in [0.1, 0.15) is 5.57 Å². The van der Waals surface area contributed by atoms with Gasteiger partial charge in [-0.25, -0.2) is 4.79 Å². The van der Waals surface area contributed by atoms with Gasteiger partial charge in [-0.05, 0) is 18.4 Å². The fourth-order valence-electron chi connectivity index (χ4n) is 2.58. The van der Waals surface area contributed by atoms with E-state index in [1.807, 2.05) is 36.4 Å². The number of benzene rings is 2. The minimum atomic E-state index is -0.621. The van der Waals surface area contributed by atoms with Crippen molar-refractivity contribution in [3.05, 3.63) is 41.7 Å². The number of H-pyrrole nitrogens is 1. The molecule has 1 heterocycles. The second kappa shape index (κ2) is 4.49. The third kappa shape index (κ3) is 1.69. The van der Waals surface area contributed by atoms with Gasteiger partial charge in [0.05, 0.1) is 12.5 Å². The largest absolute Gasteiger partial charge is 0.465 e. The predicted octanol–water partition coefficient (Wildman–Crippen LogP) is 1.95. The van der Waals surface area contributed by atoms with Gasteiger partial charge >= 0.3 is 5.97 Å². The van der Waals surface area contributed by atoms with Gasteiger partial charge in [0, 0.05) is 16.3 Å². The summed E-state index contributed by atoms with van der Waals surface area (Å²) >= 11 is 0. The first-order valence-electron chi connectivity index (χ1n) is 6.26. The molecule has 0 aliphatic carbocycles. The molecule has 0 unspecified atom stereocenters. The van der Waals surface area contributed by atoms with E-state index in [0.29, 0.717) is 5.35 Å². The minimum absolute atomic E-state index is 0.0520. The van der Waals surface area contributed by atoms with E-state index in [4.69, 9.17) is 4.74 Å². The highest BCUT2D eigenvalue weighted by molar-refractivity contribution is 6.39. The standard InChI is InChI=1S/C16H13NO3/c1-9(18)13(16(19)20-2)15-11-7-3-5-10-6-4-8-12(17-15)14(10)11/h3-8,17H,1-2H3. The van der Waals surface area contributed by atoms with Crippen LogP contribution in [0.15, 0.2) is 36.4 Å². The Morgan fingerprint density at radius 1 is 1.10 bits per heavy atom. The summed E-state index contributed by atoms with van der Waals surface area (Å²) in [6.45, 7) is 1.37. The molecule has 4 nitrogen and oxygen atoms in total. The summed E-state index contributed by atoms with van der Waals surface area (Å²) < 4.78 is 4.72. The average Bonchev–Trinajstić information content (AvgIpc) is 2.80. The van der Waals surface area contributed by atoms with Crippen molar-refractivity contribution in [3.8, 4) is 0 Å². The van der Waals surface area contributed by atoms with Gasteiger partial charge < -0.3 is 9.72 Å². The lowest BCUT2D eigenvalue weighted by Crippen LogP contribution is -2.21. The summed E-state index contributed by atoms with van der Waals surface area (Å²) in [7, 11) is 1.27. The Kier molecular flexibility index (Phi) is 2.79. The van der Waals surface area contributed by atoms with Crippen LogP contribution < -0.4 is 5.35 Å². The molecule has 0 saturated carbocycles. The molecule has 1 N–H and O–H groups in total. The fourth-order valence-corrected chi connectivity index (χ4v) is 2.58. The van der Waals surface area contributed by atoms with Crippen LogP contribution in [-0.2, 0) is 14.3 Å². The van der Waals surface area contributed by atoms with Crippen LogP contribution in [0.2, 0.25) is 0 Å². The van der Waals surface area contributed by atoms with E-state index in [2.05, 4.69) is 4.98 Å². The summed E-state index contributed by atoms with van der Waals surface area (Å²) in [6.07, 6.45) is 0. The molecule has 0 spiro atoms. The van der Waals surface area contributed by atoms with E-state index < -0.39 is 5.97 Å². The van der Waals surface area contributed by atoms with Crippen molar-refractivity contribution in [2.75, 3.05) is 7.11 Å². The Labute approximate surface area is 115 Å². The lowest BCUT2D eigenvalue weighted by Gasteiger charge is -2.00. The van der Waals surface area contributed by atoms with Gasteiger partial charge in [0.15, 0.2) is 5.78 Å². The van der Waals surface area contributed by atoms with Crippen LogP contribution >= 0.6 is 0 Å². The number of nitrogens with one attached hydrogen (secondary N) is 1. The second-order valence-corrected chi connectivity index (χ2v) is 4.63. The van der Waals surface area contributed by atoms with Crippen molar-refractivity contribution in [3.63, 3.8) is 0 Å². The molecule has 20 heavy (non-hydrogen) atoms. The van der Waals surface area contributed by atoms with Crippen LogP contribution in [0.25, 0.3) is 27.2 Å². The molecular formula is C16H13NO3. The van der Waals surface area contributed by atoms with Crippen LogP contribution in [0.5, 0.6) is 0 Å². The van der Waals surface area contributed by atoms with E-state index in [1.165, 1.54) is 14.0 Å². The zero-order chi connectivity index (χ0) is 14.3. The van der Waals surface area contributed by atoms with Crippen LogP contribution in [0.3, 0.4) is 0 Å². The maximum Gasteiger partial charge on any atom is 0.343 e. The SMILES string of the molecule is COC(=O)C(C(C)=O)=c1[nH]c2cccc3cccc1c32. The Morgan fingerprint density at radius 3 is 2.45 bits per heavy atom. The molecule has 0 fully saturated rings. The first-order chi connectivity index (χ1) is 9.63. The smallest absolute Gasteiger partial charge is 0.343 e. The maximum atomic E-state index is 11.9. The third-order valence-corrected chi connectivity index (χ3v) is 3.43. The molecule has 0 aliphatic rings. The molecule has 0 bridgehead atoms. The topological polar surface area (TPSA) is 59.2 Å². The Morgan fingerprint density at radius 2 is 1.80 bits per heavy atom. The normalized spacial score (nSPS) is 12.7. The number of Topliss-reactive ketones (excluding diaryl/α,β-unsaturated/α-hetero) is 1. The zero-order valence-corrected chi connectivity index (χ0v) is 11.2. The second-order valence-electron chi connectivity index (χ2n) is 4.63. The molecule has 0 radical (unpaired) electrons. The average molecular weight is 267 g/mol. The highest BCUT2D eigenvalue weighted by Gasteiger charge is 2.19. The van der Waals surface area contributed by atoms with Crippen molar-refractivity contribution >= 4 is 39.0 Å². The monoisotopic (exact) mass is 267 g/mol. The molecule has 0 aliphatic heterocycles. The number of carbonyl (C=O) groups is 2. The van der Waals surface area contributed by atoms with Crippen molar-refractivity contribution in [2.45, 2.75) is 6.92 Å². The molecule has 0 saturated heterocycles. The van der Waals surface area contributed by atoms with Crippen LogP contribution in [0.4, 0.5) is 0 Å². The Balaban J connectivity index is 2.56. The van der Waals surface area contributed by atoms with Crippen LogP contribution in [0.1, 0.15) is 6.92 Å². The van der Waals surface area contributed by atoms with Crippen molar-refractivity contribution in [1.29, 1.82) is 0 Å². The van der Waals surface area contributed by atoms with E-state index in [1.54, 1.807) is 0 Å². The first kappa shape index (κ1) is 12.4. The van der Waals surface area contributed by atoms with E-state index in [9.17, 15) is 9.59 Å². The predicted molar refractivity (Wildman–Crippen MR) is 77.1 cm³/mol. The van der Waals surface area contributed by atoms with Crippen molar-refractivity contribution < 1.29 is 14.3 Å². The summed E-state index contributed by atoms with van der Waals surface area (Å²) in [5.74, 6) is -0.936. The number of rotatable bonds is 2. The van der Waals surface area contributed by atoms with Crippen molar-refractivity contribution in [2.24, 2.45) is 0 Å². The molecule has 2 aromatic carbocycles. The quantitative estimate of drug-likeness (QED) is 0.570. The van der Waals surface area contributed by atoms with Gasteiger partial charge in [-0.2, -0.15) is 0 Å². The molecule has 3 aromatic rings. The highest BCUT2D eigenvalue weighted by atomic mass is 16.5. The summed E-state index contributed by atoms with van der Waals surface area (Å²) in [6, 6.07) is 11.7. The summed E-state index contributed by atoms with van der Waals surface area (Å²) in [5, 5.41) is 3.47. The number of aromatic amines is 1. The van der Waals surface area contributed by atoms with Crippen LogP contribution in [-0.4, -0.2) is 23.8 Å². The Bertz CT molecular complexity index is 884. The molecule has 4 heteroatoms. The van der Waals surface area contributed by atoms with Gasteiger partial charge in [-0.15, -0.1) is 0 Å². The number of hydrogen-bond acceptors (Lipinski definition) is 3. The van der Waals surface area contributed by atoms with Gasteiger partial charge in [0.2, 0.25) is 0 Å². The molecule has 0 amide bonds. The number of ether oxygens (including phenoxy) is 1. The lowest BCUT2D eigenvalue weighted by atomic mass is 10.1. The number of esters is 1. The van der Waals surface area contributed by atoms with Crippen molar-refractivity contribution in [1.82, 2.24) is 4.98 Å².